The van der Waals surface area contributed by atoms with Crippen LogP contribution in [-0.4, -0.2) is 25.5 Å². The SMILES string of the molecule is COc1cc2c(cc1NC(=O)CNc1ccc(Cl)cc1C(N)=O)oc1ccccc12. The van der Waals surface area contributed by atoms with Crippen molar-refractivity contribution in [1.29, 1.82) is 0 Å². The zero-order valence-corrected chi connectivity index (χ0v) is 16.7. The number of rotatable bonds is 6. The maximum absolute atomic E-state index is 12.5. The summed E-state index contributed by atoms with van der Waals surface area (Å²) >= 11 is 5.90. The summed E-state index contributed by atoms with van der Waals surface area (Å²) in [7, 11) is 1.53. The van der Waals surface area contributed by atoms with Gasteiger partial charge in [0.05, 0.1) is 24.9 Å². The van der Waals surface area contributed by atoms with Gasteiger partial charge in [-0.25, -0.2) is 0 Å². The average molecular weight is 424 g/mol. The van der Waals surface area contributed by atoms with Crippen LogP contribution in [0.15, 0.2) is 59.0 Å². The summed E-state index contributed by atoms with van der Waals surface area (Å²) in [5, 5.41) is 7.94. The van der Waals surface area contributed by atoms with Gasteiger partial charge in [0.25, 0.3) is 5.91 Å². The van der Waals surface area contributed by atoms with Gasteiger partial charge >= 0.3 is 0 Å². The minimum atomic E-state index is -0.641. The molecule has 0 bridgehead atoms. The number of primary amides is 1. The molecule has 0 saturated carbocycles. The number of hydrogen-bond acceptors (Lipinski definition) is 5. The van der Waals surface area contributed by atoms with Gasteiger partial charge in [-0.15, -0.1) is 0 Å². The maximum atomic E-state index is 12.5. The van der Waals surface area contributed by atoms with Gasteiger partial charge in [-0.2, -0.15) is 0 Å². The molecule has 0 radical (unpaired) electrons. The standard InChI is InChI=1S/C22H18ClN3O4/c1-29-20-9-14-13-4-2-3-5-18(13)30-19(14)10-17(20)26-21(27)11-25-16-7-6-12(23)8-15(16)22(24)28/h2-10,25H,11H2,1H3,(H2,24,28)(H,26,27). The third-order valence-electron chi connectivity index (χ3n) is 4.66. The molecular formula is C22H18ClN3O4. The Balaban J connectivity index is 1.56. The number of para-hydroxylation sites is 1. The van der Waals surface area contributed by atoms with Gasteiger partial charge < -0.3 is 25.5 Å². The number of ether oxygens (including phenoxy) is 1. The third kappa shape index (κ3) is 3.75. The van der Waals surface area contributed by atoms with Crippen LogP contribution >= 0.6 is 11.6 Å². The molecule has 30 heavy (non-hydrogen) atoms. The number of carbonyl (C=O) groups is 2. The molecule has 0 fully saturated rings. The second-order valence-corrected chi connectivity index (χ2v) is 7.04. The molecule has 0 atom stereocenters. The lowest BCUT2D eigenvalue weighted by atomic mass is 10.1. The fourth-order valence-corrected chi connectivity index (χ4v) is 3.43. The summed E-state index contributed by atoms with van der Waals surface area (Å²) in [6, 6.07) is 15.9. The number of amides is 2. The average Bonchev–Trinajstić information content (AvgIpc) is 3.09. The van der Waals surface area contributed by atoms with E-state index in [9.17, 15) is 9.59 Å². The van der Waals surface area contributed by atoms with Gasteiger partial charge in [-0.3, -0.25) is 9.59 Å². The highest BCUT2D eigenvalue weighted by atomic mass is 35.5. The highest BCUT2D eigenvalue weighted by Gasteiger charge is 2.15. The zero-order valence-electron chi connectivity index (χ0n) is 16.0. The van der Waals surface area contributed by atoms with E-state index >= 15 is 0 Å². The van der Waals surface area contributed by atoms with E-state index in [-0.39, 0.29) is 18.0 Å². The van der Waals surface area contributed by atoms with Crippen LogP contribution in [0.4, 0.5) is 11.4 Å². The van der Waals surface area contributed by atoms with Crippen molar-refractivity contribution >= 4 is 56.7 Å². The van der Waals surface area contributed by atoms with Crippen LogP contribution in [-0.2, 0) is 4.79 Å². The number of furan rings is 1. The lowest BCUT2D eigenvalue weighted by Crippen LogP contribution is -2.23. The topological polar surface area (TPSA) is 107 Å². The van der Waals surface area contributed by atoms with Crippen LogP contribution in [0.3, 0.4) is 0 Å². The van der Waals surface area contributed by atoms with Crippen molar-refractivity contribution < 1.29 is 18.7 Å². The monoisotopic (exact) mass is 423 g/mol. The molecule has 7 nitrogen and oxygen atoms in total. The Morgan fingerprint density at radius 3 is 2.60 bits per heavy atom. The fourth-order valence-electron chi connectivity index (χ4n) is 3.26. The molecular weight excluding hydrogens is 406 g/mol. The van der Waals surface area contributed by atoms with Crippen LogP contribution in [0.1, 0.15) is 10.4 Å². The largest absolute Gasteiger partial charge is 0.495 e. The van der Waals surface area contributed by atoms with Gasteiger partial charge in [0.2, 0.25) is 5.91 Å². The number of nitrogens with one attached hydrogen (secondary N) is 2. The molecule has 3 aromatic carbocycles. The minimum Gasteiger partial charge on any atom is -0.495 e. The fraction of sp³-hybridized carbons (Fsp3) is 0.0909. The van der Waals surface area contributed by atoms with Gasteiger partial charge in [0.15, 0.2) is 0 Å². The predicted molar refractivity (Wildman–Crippen MR) is 117 cm³/mol. The molecule has 2 amide bonds. The number of fused-ring (bicyclic) bond motifs is 3. The van der Waals surface area contributed by atoms with Crippen molar-refractivity contribution in [2.24, 2.45) is 5.73 Å². The molecule has 0 aliphatic rings. The summed E-state index contributed by atoms with van der Waals surface area (Å²) in [6.45, 7) is -0.0940. The summed E-state index contributed by atoms with van der Waals surface area (Å²) in [6.07, 6.45) is 0. The first-order valence-electron chi connectivity index (χ1n) is 9.08. The summed E-state index contributed by atoms with van der Waals surface area (Å²) in [5.74, 6) is -0.474. The molecule has 0 aliphatic carbocycles. The van der Waals surface area contributed by atoms with Crippen molar-refractivity contribution in [3.63, 3.8) is 0 Å². The Kier molecular flexibility index (Phi) is 5.20. The van der Waals surface area contributed by atoms with Crippen LogP contribution in [0.25, 0.3) is 21.9 Å². The van der Waals surface area contributed by atoms with E-state index in [0.29, 0.717) is 27.7 Å². The third-order valence-corrected chi connectivity index (χ3v) is 4.89. The normalized spacial score (nSPS) is 10.9. The van der Waals surface area contributed by atoms with Gasteiger partial charge in [0, 0.05) is 27.5 Å². The molecule has 152 valence electrons. The Bertz CT molecular complexity index is 1280. The Morgan fingerprint density at radius 2 is 1.83 bits per heavy atom. The number of hydrogen-bond donors (Lipinski definition) is 3. The first kappa shape index (κ1) is 19.6. The van der Waals surface area contributed by atoms with E-state index in [1.165, 1.54) is 13.2 Å². The quantitative estimate of drug-likeness (QED) is 0.426. The predicted octanol–water partition coefficient (Wildman–Crippen LogP) is 4.40. The summed E-state index contributed by atoms with van der Waals surface area (Å²) in [5.41, 5.74) is 7.85. The maximum Gasteiger partial charge on any atom is 0.250 e. The number of methoxy groups -OCH3 is 1. The van der Waals surface area contributed by atoms with Gasteiger partial charge in [0.1, 0.15) is 16.9 Å². The van der Waals surface area contributed by atoms with Crippen LogP contribution in [0, 0.1) is 0 Å². The molecule has 4 aromatic rings. The van der Waals surface area contributed by atoms with Crippen LogP contribution < -0.4 is 21.1 Å². The summed E-state index contributed by atoms with van der Waals surface area (Å²) in [4.78, 5) is 24.1. The van der Waals surface area contributed by atoms with Crippen molar-refractivity contribution in [3.05, 3.63) is 65.2 Å². The van der Waals surface area contributed by atoms with Gasteiger partial charge in [-0.05, 0) is 30.3 Å². The Labute approximate surface area is 176 Å². The van der Waals surface area contributed by atoms with E-state index in [2.05, 4.69) is 10.6 Å². The number of anilines is 2. The summed E-state index contributed by atoms with van der Waals surface area (Å²) < 4.78 is 11.3. The van der Waals surface area contributed by atoms with Crippen molar-refractivity contribution in [2.75, 3.05) is 24.3 Å². The van der Waals surface area contributed by atoms with Crippen LogP contribution in [0.5, 0.6) is 5.75 Å². The Hall–Kier alpha value is -3.71. The van der Waals surface area contributed by atoms with Crippen molar-refractivity contribution in [3.8, 4) is 5.75 Å². The number of benzene rings is 3. The van der Waals surface area contributed by atoms with Gasteiger partial charge in [-0.1, -0.05) is 29.8 Å². The molecule has 1 aromatic heterocycles. The molecule has 8 heteroatoms. The molecule has 1 heterocycles. The van der Waals surface area contributed by atoms with E-state index < -0.39 is 5.91 Å². The van der Waals surface area contributed by atoms with Crippen molar-refractivity contribution in [1.82, 2.24) is 0 Å². The highest BCUT2D eigenvalue weighted by molar-refractivity contribution is 6.31. The highest BCUT2D eigenvalue weighted by Crippen LogP contribution is 2.36. The first-order valence-corrected chi connectivity index (χ1v) is 9.46. The second-order valence-electron chi connectivity index (χ2n) is 6.60. The first-order chi connectivity index (χ1) is 14.5. The lowest BCUT2D eigenvalue weighted by molar-refractivity contribution is -0.114. The number of halogens is 1. The molecule has 4 rings (SSSR count). The minimum absolute atomic E-state index is 0.0940. The van der Waals surface area contributed by atoms with E-state index in [1.54, 1.807) is 18.2 Å². The molecule has 4 N–H and O–H groups in total. The molecule has 0 saturated heterocycles. The number of nitrogens with two attached hydrogens (primary N) is 1. The molecule has 0 unspecified atom stereocenters. The smallest absolute Gasteiger partial charge is 0.250 e. The molecule has 0 spiro atoms. The van der Waals surface area contributed by atoms with Crippen molar-refractivity contribution in [2.45, 2.75) is 0 Å². The van der Waals surface area contributed by atoms with E-state index in [0.717, 1.165) is 16.4 Å². The van der Waals surface area contributed by atoms with E-state index in [1.807, 2.05) is 30.3 Å². The molecule has 0 aliphatic heterocycles. The van der Waals surface area contributed by atoms with Crippen LogP contribution in [0.2, 0.25) is 5.02 Å². The second kappa shape index (κ2) is 7.96. The zero-order chi connectivity index (χ0) is 21.3. The Morgan fingerprint density at radius 1 is 1.03 bits per heavy atom. The number of carbonyl (C=O) groups excluding carboxylic acids is 2. The lowest BCUT2D eigenvalue weighted by Gasteiger charge is -2.13. The van der Waals surface area contributed by atoms with E-state index in [4.69, 9.17) is 26.5 Å².